The van der Waals surface area contributed by atoms with E-state index in [9.17, 15) is 14.4 Å². The number of amides is 1. The molecule has 0 unspecified atom stereocenters. The number of aromatic amines is 2. The van der Waals surface area contributed by atoms with Crippen LogP contribution in [0.2, 0.25) is 0 Å². The molecule has 21 heavy (non-hydrogen) atoms. The van der Waals surface area contributed by atoms with Crippen LogP contribution in [0.4, 0.5) is 5.69 Å². The van der Waals surface area contributed by atoms with E-state index in [1.807, 2.05) is 37.0 Å². The van der Waals surface area contributed by atoms with Gasteiger partial charge in [0.25, 0.3) is 11.5 Å². The molecule has 0 atom stereocenters. The first-order chi connectivity index (χ1) is 10.0. The Balaban J connectivity index is 2.39. The number of para-hydroxylation sites is 1. The third kappa shape index (κ3) is 3.28. The normalized spacial score (nSPS) is 10.4. The van der Waals surface area contributed by atoms with E-state index in [2.05, 4.69) is 10.3 Å². The fourth-order valence-corrected chi connectivity index (χ4v) is 2.18. The molecule has 0 saturated heterocycles. The molecule has 1 aromatic carbocycles. The molecule has 1 aromatic heterocycles. The number of carbonyl (C=O) groups is 1. The van der Waals surface area contributed by atoms with Gasteiger partial charge in [0.05, 0.1) is 0 Å². The summed E-state index contributed by atoms with van der Waals surface area (Å²) in [6.45, 7) is 4.00. The lowest BCUT2D eigenvalue weighted by Crippen LogP contribution is -2.27. The van der Waals surface area contributed by atoms with E-state index in [4.69, 9.17) is 0 Å². The van der Waals surface area contributed by atoms with Crippen molar-refractivity contribution in [3.8, 4) is 0 Å². The molecule has 0 aliphatic carbocycles. The summed E-state index contributed by atoms with van der Waals surface area (Å²) < 4.78 is 0. The number of nitrogens with one attached hydrogen (secondary N) is 3. The molecule has 2 rings (SSSR count). The molecular formula is C15H17N3O3. The van der Waals surface area contributed by atoms with Gasteiger partial charge in [0.2, 0.25) is 0 Å². The maximum absolute atomic E-state index is 12.2. The van der Waals surface area contributed by atoms with Gasteiger partial charge in [-0.1, -0.05) is 32.0 Å². The number of hydrogen-bond donors (Lipinski definition) is 3. The first kappa shape index (κ1) is 14.8. The first-order valence-electron chi connectivity index (χ1n) is 6.81. The van der Waals surface area contributed by atoms with Crippen LogP contribution < -0.4 is 16.6 Å². The van der Waals surface area contributed by atoms with Gasteiger partial charge < -0.3 is 10.3 Å². The van der Waals surface area contributed by atoms with Crippen molar-refractivity contribution in [2.45, 2.75) is 26.7 Å². The van der Waals surface area contributed by atoms with Crippen molar-refractivity contribution in [3.05, 3.63) is 61.9 Å². The van der Waals surface area contributed by atoms with Crippen molar-refractivity contribution in [2.24, 2.45) is 0 Å². The lowest BCUT2D eigenvalue weighted by atomic mass is 10.0. The lowest BCUT2D eigenvalue weighted by Gasteiger charge is -2.14. The molecule has 0 radical (unpaired) electrons. The summed E-state index contributed by atoms with van der Waals surface area (Å²) in [6.07, 6.45) is 1.55. The fourth-order valence-electron chi connectivity index (χ4n) is 2.18. The summed E-state index contributed by atoms with van der Waals surface area (Å²) in [4.78, 5) is 39.1. The largest absolute Gasteiger partial charge is 0.326 e. The van der Waals surface area contributed by atoms with Crippen LogP contribution >= 0.6 is 0 Å². The minimum atomic E-state index is -0.702. The van der Waals surface area contributed by atoms with Crippen LogP contribution in [-0.2, 0) is 12.8 Å². The van der Waals surface area contributed by atoms with Crippen LogP contribution in [0, 0.1) is 0 Å². The summed E-state index contributed by atoms with van der Waals surface area (Å²) in [7, 11) is 0. The molecule has 110 valence electrons. The number of carbonyl (C=O) groups excluding carboxylic acids is 1. The highest BCUT2D eigenvalue weighted by atomic mass is 16.2. The second kappa shape index (κ2) is 6.21. The van der Waals surface area contributed by atoms with Gasteiger partial charge in [0.15, 0.2) is 0 Å². The van der Waals surface area contributed by atoms with Gasteiger partial charge >= 0.3 is 5.69 Å². The molecule has 2 aromatic rings. The van der Waals surface area contributed by atoms with E-state index in [0.29, 0.717) is 0 Å². The van der Waals surface area contributed by atoms with Crippen molar-refractivity contribution in [2.75, 3.05) is 5.32 Å². The molecule has 0 aliphatic heterocycles. The topological polar surface area (TPSA) is 94.8 Å². The average molecular weight is 287 g/mol. The zero-order valence-electron chi connectivity index (χ0n) is 11.9. The highest BCUT2D eigenvalue weighted by Gasteiger charge is 2.13. The number of anilines is 1. The van der Waals surface area contributed by atoms with E-state index in [1.54, 1.807) is 0 Å². The monoisotopic (exact) mass is 287 g/mol. The lowest BCUT2D eigenvalue weighted by molar-refractivity contribution is 0.102. The third-order valence-electron chi connectivity index (χ3n) is 3.24. The van der Waals surface area contributed by atoms with Crippen molar-refractivity contribution < 1.29 is 4.79 Å². The van der Waals surface area contributed by atoms with E-state index in [1.165, 1.54) is 0 Å². The Morgan fingerprint density at radius 1 is 1.10 bits per heavy atom. The van der Waals surface area contributed by atoms with Crippen LogP contribution in [0.3, 0.4) is 0 Å². The van der Waals surface area contributed by atoms with Crippen LogP contribution in [0.5, 0.6) is 0 Å². The van der Waals surface area contributed by atoms with Crippen molar-refractivity contribution in [1.29, 1.82) is 0 Å². The van der Waals surface area contributed by atoms with Crippen LogP contribution in [0.25, 0.3) is 0 Å². The first-order valence-corrected chi connectivity index (χ1v) is 6.81. The molecule has 1 amide bonds. The highest BCUT2D eigenvalue weighted by molar-refractivity contribution is 6.03. The molecule has 0 aliphatic rings. The molecule has 0 saturated carbocycles. The van der Waals surface area contributed by atoms with E-state index >= 15 is 0 Å². The number of aromatic nitrogens is 2. The Kier molecular flexibility index (Phi) is 4.37. The number of H-pyrrole nitrogens is 2. The molecule has 0 bridgehead atoms. The molecule has 6 nitrogen and oxygen atoms in total. The Hall–Kier alpha value is -2.63. The third-order valence-corrected chi connectivity index (χ3v) is 3.24. The summed E-state index contributed by atoms with van der Waals surface area (Å²) >= 11 is 0. The van der Waals surface area contributed by atoms with Crippen LogP contribution in [-0.4, -0.2) is 15.9 Å². The molecule has 1 heterocycles. The Morgan fingerprint density at radius 3 is 2.24 bits per heavy atom. The van der Waals surface area contributed by atoms with Gasteiger partial charge in [0, 0.05) is 11.8 Å². The predicted molar refractivity (Wildman–Crippen MR) is 80.8 cm³/mol. The quantitative estimate of drug-likeness (QED) is 0.794. The summed E-state index contributed by atoms with van der Waals surface area (Å²) in [5.41, 5.74) is 1.39. The Morgan fingerprint density at radius 2 is 1.71 bits per heavy atom. The second-order valence-corrected chi connectivity index (χ2v) is 4.61. The molecule has 0 spiro atoms. The minimum Gasteiger partial charge on any atom is -0.320 e. The van der Waals surface area contributed by atoms with E-state index < -0.39 is 17.2 Å². The van der Waals surface area contributed by atoms with Gasteiger partial charge in [-0.25, -0.2) is 4.79 Å². The number of hydrogen-bond acceptors (Lipinski definition) is 3. The second-order valence-electron chi connectivity index (χ2n) is 4.61. The summed E-state index contributed by atoms with van der Waals surface area (Å²) in [6, 6.07) is 6.89. The van der Waals surface area contributed by atoms with Gasteiger partial charge in [-0.3, -0.25) is 14.6 Å². The Labute approximate surface area is 121 Å². The Bertz CT molecular complexity index is 724. The smallest absolute Gasteiger partial charge is 0.320 e. The maximum Gasteiger partial charge on any atom is 0.326 e. The zero-order valence-corrected chi connectivity index (χ0v) is 11.9. The summed E-state index contributed by atoms with van der Waals surface area (Å²) in [5.74, 6) is -0.506. The number of rotatable bonds is 4. The van der Waals surface area contributed by atoms with Gasteiger partial charge in [-0.2, -0.15) is 0 Å². The number of aryl methyl sites for hydroxylation is 2. The van der Waals surface area contributed by atoms with E-state index in [-0.39, 0.29) is 5.69 Å². The van der Waals surface area contributed by atoms with Crippen molar-refractivity contribution in [3.63, 3.8) is 0 Å². The molecule has 6 heteroatoms. The average Bonchev–Trinajstić information content (AvgIpc) is 2.46. The van der Waals surface area contributed by atoms with E-state index in [0.717, 1.165) is 35.7 Å². The molecule has 3 N–H and O–H groups in total. The van der Waals surface area contributed by atoms with Gasteiger partial charge in [-0.15, -0.1) is 0 Å². The maximum atomic E-state index is 12.2. The van der Waals surface area contributed by atoms with Crippen molar-refractivity contribution in [1.82, 2.24) is 9.97 Å². The molecular weight excluding hydrogens is 270 g/mol. The van der Waals surface area contributed by atoms with Crippen molar-refractivity contribution >= 4 is 11.6 Å². The SMILES string of the molecule is CCc1cccc(CC)c1NC(=O)c1cc(=O)[nH]c(=O)[nH]1. The number of benzene rings is 1. The van der Waals surface area contributed by atoms with Crippen LogP contribution in [0.1, 0.15) is 35.5 Å². The van der Waals surface area contributed by atoms with Crippen LogP contribution in [0.15, 0.2) is 33.9 Å². The minimum absolute atomic E-state index is 0.0586. The fraction of sp³-hybridized carbons (Fsp3) is 0.267. The highest BCUT2D eigenvalue weighted by Crippen LogP contribution is 2.22. The molecule has 0 fully saturated rings. The van der Waals surface area contributed by atoms with Gasteiger partial charge in [-0.05, 0) is 24.0 Å². The van der Waals surface area contributed by atoms with Gasteiger partial charge in [0.1, 0.15) is 5.69 Å². The summed E-state index contributed by atoms with van der Waals surface area (Å²) in [5, 5.41) is 2.79. The standard InChI is InChI=1S/C15H17N3O3/c1-3-9-6-5-7-10(4-2)13(9)18-14(20)11-8-12(19)17-15(21)16-11/h5-8H,3-4H2,1-2H3,(H,18,20)(H2,16,17,19,21). The zero-order chi connectivity index (χ0) is 15.4. The predicted octanol–water partition coefficient (Wildman–Crippen LogP) is 1.44.